The molecule has 1 amide bonds. The molecular weight excluding hydrogens is 444 g/mol. The summed E-state index contributed by atoms with van der Waals surface area (Å²) in [6.07, 6.45) is 8.51. The topological polar surface area (TPSA) is 69.0 Å². The summed E-state index contributed by atoms with van der Waals surface area (Å²) in [7, 11) is 0. The number of nitrogens with zero attached hydrogens (tertiary/aromatic N) is 3. The first kappa shape index (κ1) is 18.9. The molecule has 1 N–H and O–H groups in total. The number of hydrogen-bond acceptors (Lipinski definition) is 5. The van der Waals surface area contributed by atoms with Gasteiger partial charge in [-0.15, -0.1) is 0 Å². The van der Waals surface area contributed by atoms with Gasteiger partial charge in [0.15, 0.2) is 6.23 Å². The Hall–Kier alpha value is -3.42. The van der Waals surface area contributed by atoms with Crippen LogP contribution in [0.25, 0.3) is 23.1 Å². The van der Waals surface area contributed by atoms with E-state index in [1.54, 1.807) is 18.3 Å². The Morgan fingerprint density at radius 1 is 1.18 bits per heavy atom. The molecule has 4 aromatic rings. The highest BCUT2D eigenvalue weighted by molar-refractivity contribution is 7.99. The molecule has 1 saturated heterocycles. The van der Waals surface area contributed by atoms with Crippen molar-refractivity contribution in [3.63, 3.8) is 0 Å². The van der Waals surface area contributed by atoms with E-state index >= 15 is 0 Å². The molecule has 2 aromatic heterocycles. The Labute approximate surface area is 207 Å². The highest BCUT2D eigenvalue weighted by Crippen LogP contribution is 2.35. The smallest absolute Gasteiger partial charge is 0.252 e. The molecule has 1 atom stereocenters. The van der Waals surface area contributed by atoms with Gasteiger partial charge in [0.2, 0.25) is 0 Å². The minimum atomic E-state index is -2.56. The summed E-state index contributed by atoms with van der Waals surface area (Å²) in [6, 6.07) is 18.8. The van der Waals surface area contributed by atoms with Gasteiger partial charge in [-0.05, 0) is 73.9 Å². The van der Waals surface area contributed by atoms with Crippen LogP contribution in [0.5, 0.6) is 0 Å². The fourth-order valence-electron chi connectivity index (χ4n) is 4.04. The van der Waals surface area contributed by atoms with Crippen molar-refractivity contribution in [1.82, 2.24) is 20.1 Å². The summed E-state index contributed by atoms with van der Waals surface area (Å²) in [5.74, 6) is -0.633. The van der Waals surface area contributed by atoms with E-state index in [0.29, 0.717) is 17.1 Å². The van der Waals surface area contributed by atoms with Crippen LogP contribution in [0, 0.1) is 0 Å². The number of ether oxygens (including phenoxy) is 1. The third-order valence-electron chi connectivity index (χ3n) is 5.71. The van der Waals surface area contributed by atoms with E-state index in [1.165, 1.54) is 11.8 Å². The molecule has 0 spiro atoms. The Bertz CT molecular complexity index is 1430. The number of carbonyl (C=O) groups excluding carboxylic acids is 1. The zero-order valence-corrected chi connectivity index (χ0v) is 19.3. The lowest BCUT2D eigenvalue weighted by Crippen LogP contribution is -2.19. The summed E-state index contributed by atoms with van der Waals surface area (Å²) in [6.45, 7) is -1.86. The summed E-state index contributed by atoms with van der Waals surface area (Å²) in [5.41, 5.74) is 2.91. The third-order valence-corrected chi connectivity index (χ3v) is 6.77. The van der Waals surface area contributed by atoms with Gasteiger partial charge in [0, 0.05) is 39.1 Å². The van der Waals surface area contributed by atoms with Crippen LogP contribution in [0.3, 0.4) is 0 Å². The van der Waals surface area contributed by atoms with Gasteiger partial charge in [-0.3, -0.25) is 9.78 Å². The van der Waals surface area contributed by atoms with Crippen LogP contribution in [0.15, 0.2) is 76.7 Å². The van der Waals surface area contributed by atoms with Crippen LogP contribution in [-0.2, 0) is 4.74 Å². The number of rotatable bonds is 6. The molecule has 1 unspecified atom stereocenters. The van der Waals surface area contributed by atoms with E-state index < -0.39 is 12.9 Å². The molecule has 1 aliphatic heterocycles. The fourth-order valence-corrected chi connectivity index (χ4v) is 5.02. The second kappa shape index (κ2) is 10.2. The maximum absolute atomic E-state index is 12.6. The van der Waals surface area contributed by atoms with Gasteiger partial charge < -0.3 is 10.1 Å². The Kier molecular flexibility index (Phi) is 5.70. The molecule has 1 fully saturated rings. The first-order valence-electron chi connectivity index (χ1n) is 12.7. The number of fused-ring (bicyclic) bond motifs is 1. The minimum absolute atomic E-state index is 0.147. The van der Waals surface area contributed by atoms with Crippen LogP contribution in [-0.4, -0.2) is 34.3 Å². The van der Waals surface area contributed by atoms with E-state index in [1.807, 2.05) is 65.4 Å². The zero-order chi connectivity index (χ0) is 25.8. The summed E-state index contributed by atoms with van der Waals surface area (Å²) in [4.78, 5) is 18.5. The average Bonchev–Trinajstić information content (AvgIpc) is 3.26. The quantitative estimate of drug-likeness (QED) is 0.383. The number of amides is 1. The third kappa shape index (κ3) is 4.76. The SMILES string of the molecule is [2H]C([2H])([2H])NC(=O)c1ccccc1Sc1ccc2c(/C=C/c3ccccn3)nn(C3CCCCO3)c2c1. The summed E-state index contributed by atoms with van der Waals surface area (Å²) >= 11 is 1.40. The van der Waals surface area contributed by atoms with Crippen molar-refractivity contribution in [2.45, 2.75) is 35.3 Å². The number of carbonyl (C=O) groups is 1. The maximum atomic E-state index is 12.6. The van der Waals surface area contributed by atoms with Crippen molar-refractivity contribution < 1.29 is 13.6 Å². The van der Waals surface area contributed by atoms with Crippen LogP contribution in [0.1, 0.15) is 51.3 Å². The average molecular weight is 474 g/mol. The van der Waals surface area contributed by atoms with Crippen LogP contribution < -0.4 is 5.32 Å². The lowest BCUT2D eigenvalue weighted by molar-refractivity contribution is -0.0367. The van der Waals surface area contributed by atoms with E-state index in [4.69, 9.17) is 13.9 Å². The Morgan fingerprint density at radius 3 is 2.91 bits per heavy atom. The molecule has 5 rings (SSSR count). The molecule has 2 aromatic carbocycles. The lowest BCUT2D eigenvalue weighted by Gasteiger charge is -2.23. The van der Waals surface area contributed by atoms with Crippen molar-refractivity contribution in [1.29, 1.82) is 0 Å². The van der Waals surface area contributed by atoms with Gasteiger partial charge in [0.25, 0.3) is 5.91 Å². The van der Waals surface area contributed by atoms with Gasteiger partial charge in [-0.2, -0.15) is 5.10 Å². The summed E-state index contributed by atoms with van der Waals surface area (Å²) in [5, 5.41) is 7.97. The number of pyridine rings is 1. The van der Waals surface area contributed by atoms with Gasteiger partial charge >= 0.3 is 0 Å². The Morgan fingerprint density at radius 2 is 2.09 bits per heavy atom. The van der Waals surface area contributed by atoms with Crippen molar-refractivity contribution in [3.05, 3.63) is 83.8 Å². The highest BCUT2D eigenvalue weighted by atomic mass is 32.2. The molecule has 7 heteroatoms. The largest absolute Gasteiger partial charge is 0.356 e. The van der Waals surface area contributed by atoms with Gasteiger partial charge in [0.1, 0.15) is 0 Å². The van der Waals surface area contributed by atoms with Crippen LogP contribution in [0.2, 0.25) is 0 Å². The number of nitrogens with one attached hydrogen (secondary N) is 1. The van der Waals surface area contributed by atoms with Gasteiger partial charge in [-0.25, -0.2) is 4.68 Å². The van der Waals surface area contributed by atoms with Crippen molar-refractivity contribution in [3.8, 4) is 0 Å². The number of benzene rings is 2. The predicted molar refractivity (Wildman–Crippen MR) is 136 cm³/mol. The molecule has 34 heavy (non-hydrogen) atoms. The second-order valence-electron chi connectivity index (χ2n) is 7.97. The fraction of sp³-hybridized carbons (Fsp3) is 0.222. The van der Waals surface area contributed by atoms with Gasteiger partial charge in [-0.1, -0.05) is 30.0 Å². The number of aromatic nitrogens is 3. The molecule has 0 bridgehead atoms. The maximum Gasteiger partial charge on any atom is 0.252 e. The van der Waals surface area contributed by atoms with E-state index in [9.17, 15) is 4.79 Å². The first-order valence-corrected chi connectivity index (χ1v) is 12.0. The Balaban J connectivity index is 1.50. The monoisotopic (exact) mass is 473 g/mol. The normalized spacial score (nSPS) is 17.9. The molecule has 3 heterocycles. The molecule has 1 aliphatic rings. The molecule has 0 radical (unpaired) electrons. The van der Waals surface area contributed by atoms with E-state index in [-0.39, 0.29) is 6.23 Å². The second-order valence-corrected chi connectivity index (χ2v) is 9.09. The molecule has 0 saturated carbocycles. The predicted octanol–water partition coefficient (Wildman–Crippen LogP) is 5.81. The first-order chi connectivity index (χ1) is 17.9. The van der Waals surface area contributed by atoms with Gasteiger partial charge in [0.05, 0.1) is 22.5 Å². The molecular formula is C27H26N4O2S. The van der Waals surface area contributed by atoms with Crippen molar-refractivity contribution >= 4 is 40.7 Å². The zero-order valence-electron chi connectivity index (χ0n) is 21.5. The molecule has 0 aliphatic carbocycles. The number of hydrogen-bond donors (Lipinski definition) is 1. The summed E-state index contributed by atoms with van der Waals surface area (Å²) < 4.78 is 30.1. The molecule has 6 nitrogen and oxygen atoms in total. The highest BCUT2D eigenvalue weighted by Gasteiger charge is 2.21. The van der Waals surface area contributed by atoms with Crippen molar-refractivity contribution in [2.24, 2.45) is 0 Å². The van der Waals surface area contributed by atoms with Crippen LogP contribution >= 0.6 is 11.8 Å². The van der Waals surface area contributed by atoms with Crippen LogP contribution in [0.4, 0.5) is 0 Å². The minimum Gasteiger partial charge on any atom is -0.356 e. The van der Waals surface area contributed by atoms with E-state index in [2.05, 4.69) is 10.3 Å². The standard InChI is InChI=1S/C27H26N4O2S/c1-28-27(32)22-9-2-3-10-25(22)34-20-13-14-21-23(15-12-19-8-4-6-16-29-19)30-31(24(21)18-20)26-11-5-7-17-33-26/h2-4,6,8-10,12-16,18,26H,5,7,11,17H2,1H3,(H,28,32)/b15-12+/i1D3. The van der Waals surface area contributed by atoms with Crippen molar-refractivity contribution in [2.75, 3.05) is 13.6 Å². The molecule has 172 valence electrons. The van der Waals surface area contributed by atoms with E-state index in [0.717, 1.165) is 46.4 Å². The lowest BCUT2D eigenvalue weighted by atomic mass is 10.1.